The average molecular weight is 290 g/mol. The molecule has 2 heterocycles. The highest BCUT2D eigenvalue weighted by Gasteiger charge is 2.17. The summed E-state index contributed by atoms with van der Waals surface area (Å²) >= 11 is 0. The van der Waals surface area contributed by atoms with Crippen molar-refractivity contribution in [2.24, 2.45) is 0 Å². The van der Waals surface area contributed by atoms with Crippen molar-refractivity contribution in [2.45, 2.75) is 53.2 Å². The maximum Gasteiger partial charge on any atom is 0.413 e. The van der Waals surface area contributed by atoms with Gasteiger partial charge < -0.3 is 4.74 Å². The Morgan fingerprint density at radius 1 is 1.43 bits per heavy atom. The van der Waals surface area contributed by atoms with Gasteiger partial charge in [-0.15, -0.1) is 0 Å². The van der Waals surface area contributed by atoms with E-state index in [4.69, 9.17) is 4.74 Å². The number of rotatable bonds is 3. The molecule has 21 heavy (non-hydrogen) atoms. The molecule has 114 valence electrons. The number of hydrogen-bond acceptors (Lipinski definition) is 4. The number of nitrogens with zero attached hydrogens (tertiary/aromatic N) is 3. The van der Waals surface area contributed by atoms with Crippen LogP contribution < -0.4 is 5.32 Å². The predicted octanol–water partition coefficient (Wildman–Crippen LogP) is 3.50. The van der Waals surface area contributed by atoms with E-state index >= 15 is 0 Å². The molecule has 6 heteroatoms. The molecule has 0 aliphatic carbocycles. The fraction of sp³-hybridized carbons (Fsp3) is 0.533. The Morgan fingerprint density at radius 3 is 2.76 bits per heavy atom. The quantitative estimate of drug-likeness (QED) is 0.939. The van der Waals surface area contributed by atoms with Gasteiger partial charge in [-0.1, -0.05) is 6.92 Å². The van der Waals surface area contributed by atoms with Crippen molar-refractivity contribution in [1.29, 1.82) is 0 Å². The number of pyridine rings is 1. The molecule has 0 atom stereocenters. The van der Waals surface area contributed by atoms with Crippen LogP contribution in [0, 0.1) is 6.92 Å². The van der Waals surface area contributed by atoms with Crippen LogP contribution in [0.25, 0.3) is 11.0 Å². The number of aromatic nitrogens is 3. The standard InChI is InChI=1S/C15H22N4O2/c1-6-7-19-13-11(9-16-19)10(2)8-12(17-13)18-14(20)21-15(3,4)5/h8-9H,6-7H2,1-5H3,(H,17,18,20). The predicted molar refractivity (Wildman–Crippen MR) is 82.4 cm³/mol. The van der Waals surface area contributed by atoms with Gasteiger partial charge in [0.05, 0.1) is 6.20 Å². The van der Waals surface area contributed by atoms with Gasteiger partial charge in [-0.3, -0.25) is 5.32 Å². The van der Waals surface area contributed by atoms with Crippen molar-refractivity contribution in [1.82, 2.24) is 14.8 Å². The van der Waals surface area contributed by atoms with Crippen LogP contribution in [0.4, 0.5) is 10.6 Å². The number of carbonyl (C=O) groups is 1. The van der Waals surface area contributed by atoms with E-state index < -0.39 is 11.7 Å². The molecule has 1 amide bonds. The Morgan fingerprint density at radius 2 is 2.14 bits per heavy atom. The largest absolute Gasteiger partial charge is 0.444 e. The van der Waals surface area contributed by atoms with Crippen molar-refractivity contribution < 1.29 is 9.53 Å². The normalized spacial score (nSPS) is 11.7. The molecule has 6 nitrogen and oxygen atoms in total. The summed E-state index contributed by atoms with van der Waals surface area (Å²) in [7, 11) is 0. The van der Waals surface area contributed by atoms with Crippen LogP contribution in [0.2, 0.25) is 0 Å². The van der Waals surface area contributed by atoms with Gasteiger partial charge in [0.15, 0.2) is 5.65 Å². The molecule has 0 unspecified atom stereocenters. The van der Waals surface area contributed by atoms with Gasteiger partial charge >= 0.3 is 6.09 Å². The van der Waals surface area contributed by atoms with Crippen LogP contribution in [0.1, 0.15) is 39.7 Å². The fourth-order valence-electron chi connectivity index (χ4n) is 2.05. The lowest BCUT2D eigenvalue weighted by atomic mass is 10.2. The number of ether oxygens (including phenoxy) is 1. The van der Waals surface area contributed by atoms with Gasteiger partial charge in [-0.2, -0.15) is 5.10 Å². The molecule has 0 radical (unpaired) electrons. The van der Waals surface area contributed by atoms with Crippen LogP contribution in [0.5, 0.6) is 0 Å². The highest BCUT2D eigenvalue weighted by Crippen LogP contribution is 2.20. The second kappa shape index (κ2) is 5.71. The monoisotopic (exact) mass is 290 g/mol. The van der Waals surface area contributed by atoms with E-state index in [2.05, 4.69) is 22.3 Å². The second-order valence-corrected chi connectivity index (χ2v) is 6.06. The Hall–Kier alpha value is -2.11. The lowest BCUT2D eigenvalue weighted by Crippen LogP contribution is -2.27. The first-order valence-corrected chi connectivity index (χ1v) is 7.13. The summed E-state index contributed by atoms with van der Waals surface area (Å²) in [5.74, 6) is 0.479. The van der Waals surface area contributed by atoms with Crippen LogP contribution in [0.15, 0.2) is 12.3 Å². The molecule has 0 spiro atoms. The molecule has 2 aromatic heterocycles. The molecule has 0 saturated heterocycles. The molecule has 0 bridgehead atoms. The first-order valence-electron chi connectivity index (χ1n) is 7.13. The SMILES string of the molecule is CCCn1ncc2c(C)cc(NC(=O)OC(C)(C)C)nc21. The molecular weight excluding hydrogens is 268 g/mol. The van der Waals surface area contributed by atoms with Gasteiger partial charge in [-0.25, -0.2) is 14.5 Å². The summed E-state index contributed by atoms with van der Waals surface area (Å²) in [5, 5.41) is 8.01. The summed E-state index contributed by atoms with van der Waals surface area (Å²) in [6.45, 7) is 10.3. The Bertz CT molecular complexity index is 655. The summed E-state index contributed by atoms with van der Waals surface area (Å²) in [5.41, 5.74) is 1.27. The fourth-order valence-corrected chi connectivity index (χ4v) is 2.05. The van der Waals surface area contributed by atoms with Gasteiger partial charge in [0, 0.05) is 11.9 Å². The summed E-state index contributed by atoms with van der Waals surface area (Å²) in [4.78, 5) is 16.3. The van der Waals surface area contributed by atoms with E-state index in [9.17, 15) is 4.79 Å². The third-order valence-corrected chi connectivity index (χ3v) is 2.88. The van der Waals surface area contributed by atoms with Crippen LogP contribution in [-0.2, 0) is 11.3 Å². The highest BCUT2D eigenvalue weighted by molar-refractivity contribution is 5.87. The molecule has 0 fully saturated rings. The van der Waals surface area contributed by atoms with E-state index in [0.29, 0.717) is 5.82 Å². The molecule has 2 aromatic rings. The zero-order valence-corrected chi connectivity index (χ0v) is 13.2. The van der Waals surface area contributed by atoms with E-state index in [-0.39, 0.29) is 0 Å². The lowest BCUT2D eigenvalue weighted by molar-refractivity contribution is 0.0635. The zero-order valence-electron chi connectivity index (χ0n) is 13.2. The number of hydrogen-bond donors (Lipinski definition) is 1. The minimum Gasteiger partial charge on any atom is -0.444 e. The lowest BCUT2D eigenvalue weighted by Gasteiger charge is -2.19. The Labute approximate surface area is 124 Å². The third-order valence-electron chi connectivity index (χ3n) is 2.88. The molecular formula is C15H22N4O2. The zero-order chi connectivity index (χ0) is 15.6. The Balaban J connectivity index is 2.28. The van der Waals surface area contributed by atoms with Crippen molar-refractivity contribution in [3.05, 3.63) is 17.8 Å². The maximum atomic E-state index is 11.8. The summed E-state index contributed by atoms with van der Waals surface area (Å²) < 4.78 is 7.09. The third kappa shape index (κ3) is 3.71. The minimum atomic E-state index is -0.535. The van der Waals surface area contributed by atoms with E-state index in [1.165, 1.54) is 0 Å². The van der Waals surface area contributed by atoms with E-state index in [0.717, 1.165) is 29.6 Å². The van der Waals surface area contributed by atoms with Crippen molar-refractivity contribution in [3.63, 3.8) is 0 Å². The summed E-state index contributed by atoms with van der Waals surface area (Å²) in [6.07, 6.45) is 2.28. The first-order chi connectivity index (χ1) is 9.80. The number of nitrogens with one attached hydrogen (secondary N) is 1. The maximum absolute atomic E-state index is 11.8. The molecule has 0 aliphatic heterocycles. The van der Waals surface area contributed by atoms with Gasteiger partial charge in [0.2, 0.25) is 0 Å². The number of carbonyl (C=O) groups excluding carboxylic acids is 1. The van der Waals surface area contributed by atoms with Crippen molar-refractivity contribution >= 4 is 22.9 Å². The molecule has 0 aromatic carbocycles. The van der Waals surface area contributed by atoms with Gasteiger partial charge in [0.1, 0.15) is 11.4 Å². The van der Waals surface area contributed by atoms with Gasteiger partial charge in [-0.05, 0) is 45.7 Å². The minimum absolute atomic E-state index is 0.479. The van der Waals surface area contributed by atoms with Crippen LogP contribution in [-0.4, -0.2) is 26.5 Å². The van der Waals surface area contributed by atoms with Crippen LogP contribution in [0.3, 0.4) is 0 Å². The molecule has 0 saturated carbocycles. The van der Waals surface area contributed by atoms with E-state index in [1.54, 1.807) is 0 Å². The topological polar surface area (TPSA) is 69.0 Å². The van der Waals surface area contributed by atoms with Crippen molar-refractivity contribution in [3.8, 4) is 0 Å². The summed E-state index contributed by atoms with van der Waals surface area (Å²) in [6, 6.07) is 1.82. The average Bonchev–Trinajstić information content (AvgIpc) is 2.71. The highest BCUT2D eigenvalue weighted by atomic mass is 16.6. The number of amides is 1. The second-order valence-electron chi connectivity index (χ2n) is 6.06. The van der Waals surface area contributed by atoms with Gasteiger partial charge in [0.25, 0.3) is 0 Å². The Kier molecular flexibility index (Phi) is 4.16. The smallest absolute Gasteiger partial charge is 0.413 e. The van der Waals surface area contributed by atoms with Crippen LogP contribution >= 0.6 is 0 Å². The number of fused-ring (bicyclic) bond motifs is 1. The molecule has 2 rings (SSSR count). The number of anilines is 1. The van der Waals surface area contributed by atoms with Crippen molar-refractivity contribution in [2.75, 3.05) is 5.32 Å². The molecule has 0 aliphatic rings. The molecule has 1 N–H and O–H groups in total. The number of aryl methyl sites for hydroxylation is 2. The van der Waals surface area contributed by atoms with E-state index in [1.807, 2.05) is 44.6 Å². The first kappa shape index (κ1) is 15.3.